The molecule has 0 aliphatic rings. The summed E-state index contributed by atoms with van der Waals surface area (Å²) in [5.74, 6) is -0.788. The van der Waals surface area contributed by atoms with E-state index in [2.05, 4.69) is 5.32 Å². The lowest BCUT2D eigenvalue weighted by Gasteiger charge is -2.28. The zero-order valence-corrected chi connectivity index (χ0v) is 17.7. The van der Waals surface area contributed by atoms with E-state index in [-0.39, 0.29) is 22.5 Å². The van der Waals surface area contributed by atoms with Crippen LogP contribution in [0.1, 0.15) is 70.0 Å². The third kappa shape index (κ3) is 6.24. The van der Waals surface area contributed by atoms with E-state index in [1.807, 2.05) is 41.5 Å². The zero-order valence-electron chi connectivity index (χ0n) is 17.7. The predicted octanol–water partition coefficient (Wildman–Crippen LogP) is 3.30. The minimum Gasteiger partial charge on any atom is -0.507 e. The van der Waals surface area contributed by atoms with Crippen LogP contribution in [0, 0.1) is 0 Å². The number of hydrogen-bond donors (Lipinski definition) is 2. The lowest BCUT2D eigenvalue weighted by molar-refractivity contribution is -0.129. The topological polar surface area (TPSA) is 84.9 Å². The maximum absolute atomic E-state index is 12.7. The Balaban J connectivity index is 3.14. The number of carbonyl (C=O) groups is 2. The van der Waals surface area contributed by atoms with Crippen molar-refractivity contribution in [3.05, 3.63) is 28.8 Å². The van der Waals surface area contributed by atoms with Gasteiger partial charge in [-0.25, -0.2) is 4.79 Å². The van der Waals surface area contributed by atoms with Gasteiger partial charge in [-0.3, -0.25) is 4.79 Å². The molecular weight excluding hydrogens is 346 g/mol. The fraction of sp³-hybridized carbons (Fsp3) is 0.619. The number of phenols is 1. The molecule has 0 aliphatic heterocycles. The minimum absolute atomic E-state index is 0.192. The van der Waals surface area contributed by atoms with Gasteiger partial charge in [-0.05, 0) is 29.9 Å². The molecule has 0 spiro atoms. The summed E-state index contributed by atoms with van der Waals surface area (Å²) < 4.78 is 10.2. The second-order valence-electron chi connectivity index (χ2n) is 8.75. The Hall–Kier alpha value is -2.08. The molecule has 0 bridgehead atoms. The van der Waals surface area contributed by atoms with Gasteiger partial charge >= 0.3 is 5.97 Å². The summed E-state index contributed by atoms with van der Waals surface area (Å²) in [6.45, 7) is 14.1. The number of esters is 1. The highest BCUT2D eigenvalue weighted by atomic mass is 16.5. The minimum atomic E-state index is -0.931. The second-order valence-corrected chi connectivity index (χ2v) is 8.75. The van der Waals surface area contributed by atoms with Crippen molar-refractivity contribution in [1.82, 2.24) is 5.32 Å². The molecule has 0 saturated heterocycles. The van der Waals surface area contributed by atoms with Crippen LogP contribution in [0.5, 0.6) is 5.75 Å². The molecule has 0 unspecified atom stereocenters. The van der Waals surface area contributed by atoms with Crippen molar-refractivity contribution < 1.29 is 24.2 Å². The number of aromatic hydroxyl groups is 1. The molecule has 152 valence electrons. The monoisotopic (exact) mass is 379 g/mol. The number of benzene rings is 1. The van der Waals surface area contributed by atoms with Gasteiger partial charge in [-0.15, -0.1) is 0 Å². The Morgan fingerprint density at radius 1 is 1.07 bits per heavy atom. The maximum Gasteiger partial charge on any atom is 0.338 e. The lowest BCUT2D eigenvalue weighted by atomic mass is 9.78. The number of ether oxygens (including phenoxy) is 2. The summed E-state index contributed by atoms with van der Waals surface area (Å²) >= 11 is 0. The molecule has 0 aromatic heterocycles. The quantitative estimate of drug-likeness (QED) is 0.585. The Labute approximate surface area is 162 Å². The van der Waals surface area contributed by atoms with E-state index < -0.39 is 12.1 Å². The van der Waals surface area contributed by atoms with Crippen LogP contribution >= 0.6 is 0 Å². The van der Waals surface area contributed by atoms with E-state index in [1.165, 1.54) is 6.92 Å². The van der Waals surface area contributed by atoms with E-state index >= 15 is 0 Å². The fourth-order valence-corrected chi connectivity index (χ4v) is 2.60. The van der Waals surface area contributed by atoms with Gasteiger partial charge in [0.15, 0.2) is 6.10 Å². The van der Waals surface area contributed by atoms with Gasteiger partial charge in [0.1, 0.15) is 5.75 Å². The Bertz CT molecular complexity index is 648. The number of methoxy groups -OCH3 is 1. The predicted molar refractivity (Wildman–Crippen MR) is 105 cm³/mol. The van der Waals surface area contributed by atoms with Crippen LogP contribution in [0.15, 0.2) is 12.1 Å². The molecule has 6 nitrogen and oxygen atoms in total. The molecular formula is C21H33NO5. The molecule has 0 saturated carbocycles. The molecule has 0 heterocycles. The number of amides is 1. The smallest absolute Gasteiger partial charge is 0.338 e. The van der Waals surface area contributed by atoms with Crippen molar-refractivity contribution >= 4 is 11.9 Å². The number of carbonyl (C=O) groups excluding carboxylic acids is 2. The van der Waals surface area contributed by atoms with Gasteiger partial charge in [0.25, 0.3) is 5.91 Å². The van der Waals surface area contributed by atoms with Gasteiger partial charge in [0.05, 0.1) is 12.2 Å². The van der Waals surface area contributed by atoms with Crippen LogP contribution in [0.3, 0.4) is 0 Å². The molecule has 0 fully saturated rings. The standard InChI is InChI=1S/C21H33NO5/c1-13(18(24)22-9-10-26-8)27-19(25)14-11-15(20(2,3)4)17(23)16(12-14)21(5,6)7/h11-13,23H,9-10H2,1-8H3,(H,22,24)/t13-/m1/s1. The van der Waals surface area contributed by atoms with E-state index in [9.17, 15) is 14.7 Å². The van der Waals surface area contributed by atoms with Gasteiger partial charge in [0, 0.05) is 24.8 Å². The first-order valence-electron chi connectivity index (χ1n) is 9.14. The number of nitrogens with one attached hydrogen (secondary N) is 1. The number of rotatable bonds is 6. The highest BCUT2D eigenvalue weighted by molar-refractivity contribution is 5.93. The van der Waals surface area contributed by atoms with Crippen molar-refractivity contribution in [2.75, 3.05) is 20.3 Å². The number of phenolic OH excluding ortho intramolecular Hbond substituents is 1. The summed E-state index contributed by atoms with van der Waals surface area (Å²) in [4.78, 5) is 24.7. The van der Waals surface area contributed by atoms with Gasteiger partial charge < -0.3 is 19.9 Å². The Morgan fingerprint density at radius 2 is 1.56 bits per heavy atom. The molecule has 27 heavy (non-hydrogen) atoms. The van der Waals surface area contributed by atoms with Crippen molar-refractivity contribution in [3.8, 4) is 5.75 Å². The zero-order chi connectivity index (χ0) is 21.0. The third-order valence-electron chi connectivity index (χ3n) is 4.22. The van der Waals surface area contributed by atoms with Gasteiger partial charge in [0.2, 0.25) is 0 Å². The first kappa shape index (κ1) is 23.0. The van der Waals surface area contributed by atoms with Crippen LogP contribution in [0.25, 0.3) is 0 Å². The largest absolute Gasteiger partial charge is 0.507 e. The number of hydrogen-bond acceptors (Lipinski definition) is 5. The van der Waals surface area contributed by atoms with E-state index in [0.717, 1.165) is 0 Å². The van der Waals surface area contributed by atoms with E-state index in [1.54, 1.807) is 19.2 Å². The van der Waals surface area contributed by atoms with E-state index in [0.29, 0.717) is 29.8 Å². The highest BCUT2D eigenvalue weighted by Gasteiger charge is 2.29. The summed E-state index contributed by atoms with van der Waals surface area (Å²) in [7, 11) is 1.54. The van der Waals surface area contributed by atoms with Crippen molar-refractivity contribution in [1.29, 1.82) is 0 Å². The van der Waals surface area contributed by atoms with Crippen molar-refractivity contribution in [2.45, 2.75) is 65.4 Å². The van der Waals surface area contributed by atoms with Crippen LogP contribution in [0.4, 0.5) is 0 Å². The van der Waals surface area contributed by atoms with Crippen LogP contribution in [-0.2, 0) is 25.1 Å². The summed E-state index contributed by atoms with van der Waals surface area (Å²) in [6.07, 6.45) is -0.931. The normalized spacial score (nSPS) is 13.2. The Morgan fingerprint density at radius 3 is 1.96 bits per heavy atom. The van der Waals surface area contributed by atoms with Crippen LogP contribution in [-0.4, -0.2) is 43.3 Å². The molecule has 1 atom stereocenters. The summed E-state index contributed by atoms with van der Waals surface area (Å²) in [5.41, 5.74) is 0.935. The van der Waals surface area contributed by atoms with E-state index in [4.69, 9.17) is 9.47 Å². The average molecular weight is 379 g/mol. The van der Waals surface area contributed by atoms with Gasteiger partial charge in [-0.1, -0.05) is 41.5 Å². The molecule has 6 heteroatoms. The molecule has 0 aliphatic carbocycles. The Kier molecular flexibility index (Phi) is 7.43. The van der Waals surface area contributed by atoms with Crippen molar-refractivity contribution in [2.24, 2.45) is 0 Å². The van der Waals surface area contributed by atoms with Crippen LogP contribution < -0.4 is 5.32 Å². The molecule has 1 aromatic carbocycles. The summed E-state index contributed by atoms with van der Waals surface area (Å²) in [6, 6.07) is 3.28. The highest BCUT2D eigenvalue weighted by Crippen LogP contribution is 2.39. The summed E-state index contributed by atoms with van der Waals surface area (Å²) in [5, 5.41) is 13.4. The SMILES string of the molecule is COCCNC(=O)[C@@H](C)OC(=O)c1cc(C(C)(C)C)c(O)c(C(C)(C)C)c1. The van der Waals surface area contributed by atoms with Crippen LogP contribution in [0.2, 0.25) is 0 Å². The fourth-order valence-electron chi connectivity index (χ4n) is 2.60. The van der Waals surface area contributed by atoms with Crippen molar-refractivity contribution in [3.63, 3.8) is 0 Å². The molecule has 1 aromatic rings. The average Bonchev–Trinajstić information content (AvgIpc) is 2.52. The molecule has 2 N–H and O–H groups in total. The third-order valence-corrected chi connectivity index (χ3v) is 4.22. The first-order chi connectivity index (χ1) is 12.3. The second kappa shape index (κ2) is 8.74. The maximum atomic E-state index is 12.7. The molecule has 1 rings (SSSR count). The molecule has 0 radical (unpaired) electrons. The molecule has 1 amide bonds. The first-order valence-corrected chi connectivity index (χ1v) is 9.14. The van der Waals surface area contributed by atoms with Gasteiger partial charge in [-0.2, -0.15) is 0 Å². The lowest BCUT2D eigenvalue weighted by Crippen LogP contribution is -2.37.